The summed E-state index contributed by atoms with van der Waals surface area (Å²) < 4.78 is 37.9. The van der Waals surface area contributed by atoms with Crippen molar-refractivity contribution in [2.24, 2.45) is 0 Å². The summed E-state index contributed by atoms with van der Waals surface area (Å²) >= 11 is 1.50. The van der Waals surface area contributed by atoms with Crippen LogP contribution in [0.4, 0.5) is 13.2 Å². The van der Waals surface area contributed by atoms with Crippen LogP contribution in [0.2, 0.25) is 0 Å². The zero-order valence-electron chi connectivity index (χ0n) is 12.4. The Hall–Kier alpha value is -1.86. The van der Waals surface area contributed by atoms with E-state index in [1.165, 1.54) is 23.5 Å². The van der Waals surface area contributed by atoms with Crippen LogP contribution in [-0.4, -0.2) is 17.6 Å². The maximum absolute atomic E-state index is 12.6. The molecule has 1 aromatic heterocycles. The van der Waals surface area contributed by atoms with Gasteiger partial charge in [-0.25, -0.2) is 0 Å². The van der Waals surface area contributed by atoms with E-state index < -0.39 is 17.8 Å². The standard InChI is InChI=1S/C16H16F3NO2S/c1-10-5-6-13(23-10)8-15(22)20-9-14(21)11-3-2-4-12(7-11)16(17,18)19/h2-7,14,21H,8-9H2,1H3,(H,20,22)/t14-/m0/s1. The van der Waals surface area contributed by atoms with Crippen molar-refractivity contribution in [3.8, 4) is 0 Å². The molecule has 0 radical (unpaired) electrons. The van der Waals surface area contributed by atoms with Gasteiger partial charge in [0.25, 0.3) is 0 Å². The third kappa shape index (κ3) is 5.07. The first-order valence-corrected chi connectivity index (χ1v) is 7.74. The fraction of sp³-hybridized carbons (Fsp3) is 0.312. The average molecular weight is 343 g/mol. The second kappa shape index (κ2) is 7.14. The highest BCUT2D eigenvalue weighted by Gasteiger charge is 2.30. The molecule has 7 heteroatoms. The minimum Gasteiger partial charge on any atom is -0.387 e. The van der Waals surface area contributed by atoms with Gasteiger partial charge in [-0.2, -0.15) is 13.2 Å². The predicted molar refractivity (Wildman–Crippen MR) is 82.2 cm³/mol. The minimum absolute atomic E-state index is 0.118. The smallest absolute Gasteiger partial charge is 0.387 e. The van der Waals surface area contributed by atoms with E-state index >= 15 is 0 Å². The van der Waals surface area contributed by atoms with Crippen molar-refractivity contribution in [2.75, 3.05) is 6.54 Å². The van der Waals surface area contributed by atoms with Crippen LogP contribution < -0.4 is 5.32 Å². The van der Waals surface area contributed by atoms with Gasteiger partial charge in [0.05, 0.1) is 18.1 Å². The number of hydrogen-bond donors (Lipinski definition) is 2. The van der Waals surface area contributed by atoms with Crippen LogP contribution in [0.25, 0.3) is 0 Å². The van der Waals surface area contributed by atoms with Gasteiger partial charge in [-0.15, -0.1) is 11.3 Å². The van der Waals surface area contributed by atoms with Gasteiger partial charge >= 0.3 is 6.18 Å². The number of thiophene rings is 1. The molecule has 2 N–H and O–H groups in total. The SMILES string of the molecule is Cc1ccc(CC(=O)NC[C@H](O)c2cccc(C(F)(F)F)c2)s1. The van der Waals surface area contributed by atoms with Crippen molar-refractivity contribution >= 4 is 17.2 Å². The van der Waals surface area contributed by atoms with Gasteiger partial charge in [-0.3, -0.25) is 4.79 Å². The maximum atomic E-state index is 12.6. The molecule has 2 rings (SSSR count). The molecule has 2 aromatic rings. The lowest BCUT2D eigenvalue weighted by Crippen LogP contribution is -2.29. The number of rotatable bonds is 5. The second-order valence-corrected chi connectivity index (χ2v) is 6.50. The third-order valence-electron chi connectivity index (χ3n) is 3.22. The molecule has 23 heavy (non-hydrogen) atoms. The molecule has 1 heterocycles. The lowest BCUT2D eigenvalue weighted by atomic mass is 10.1. The Morgan fingerprint density at radius 1 is 1.30 bits per heavy atom. The summed E-state index contributed by atoms with van der Waals surface area (Å²) in [5.74, 6) is -0.280. The molecule has 0 saturated heterocycles. The number of nitrogens with one attached hydrogen (secondary N) is 1. The Labute approximate surface area is 135 Å². The van der Waals surface area contributed by atoms with Gasteiger partial charge in [0, 0.05) is 16.3 Å². The summed E-state index contributed by atoms with van der Waals surface area (Å²) in [7, 11) is 0. The van der Waals surface area contributed by atoms with Gasteiger partial charge < -0.3 is 10.4 Å². The lowest BCUT2D eigenvalue weighted by Gasteiger charge is -2.14. The number of alkyl halides is 3. The van der Waals surface area contributed by atoms with Crippen LogP contribution in [-0.2, 0) is 17.4 Å². The average Bonchev–Trinajstić information content (AvgIpc) is 2.89. The van der Waals surface area contributed by atoms with Crippen LogP contribution in [0.15, 0.2) is 36.4 Å². The Bertz CT molecular complexity index is 682. The number of carbonyl (C=O) groups is 1. The summed E-state index contributed by atoms with van der Waals surface area (Å²) in [6, 6.07) is 8.22. The van der Waals surface area contributed by atoms with E-state index in [1.54, 1.807) is 0 Å². The number of benzene rings is 1. The first-order chi connectivity index (χ1) is 10.8. The van der Waals surface area contributed by atoms with E-state index in [4.69, 9.17) is 0 Å². The molecular weight excluding hydrogens is 327 g/mol. The Morgan fingerprint density at radius 3 is 2.65 bits per heavy atom. The summed E-state index contributed by atoms with van der Waals surface area (Å²) in [5.41, 5.74) is -0.707. The van der Waals surface area contributed by atoms with Crippen molar-refractivity contribution in [1.82, 2.24) is 5.32 Å². The Morgan fingerprint density at radius 2 is 2.04 bits per heavy atom. The minimum atomic E-state index is -4.46. The normalized spacial score (nSPS) is 12.9. The lowest BCUT2D eigenvalue weighted by molar-refractivity contribution is -0.137. The molecule has 0 aliphatic heterocycles. The van der Waals surface area contributed by atoms with Gasteiger partial charge in [0.2, 0.25) is 5.91 Å². The highest BCUT2D eigenvalue weighted by molar-refractivity contribution is 7.12. The maximum Gasteiger partial charge on any atom is 0.416 e. The molecule has 0 aliphatic rings. The highest BCUT2D eigenvalue weighted by Crippen LogP contribution is 2.30. The van der Waals surface area contributed by atoms with Gasteiger partial charge in [-0.1, -0.05) is 12.1 Å². The van der Waals surface area contributed by atoms with Crippen LogP contribution in [0.1, 0.15) is 27.0 Å². The molecule has 1 amide bonds. The fourth-order valence-electron chi connectivity index (χ4n) is 2.05. The number of hydrogen-bond acceptors (Lipinski definition) is 3. The van der Waals surface area contributed by atoms with E-state index in [2.05, 4.69) is 5.32 Å². The van der Waals surface area contributed by atoms with E-state index in [0.717, 1.165) is 21.9 Å². The molecule has 1 atom stereocenters. The number of halogens is 3. The predicted octanol–water partition coefficient (Wildman–Crippen LogP) is 3.47. The van der Waals surface area contributed by atoms with Gasteiger partial charge in [0.1, 0.15) is 0 Å². The summed E-state index contributed by atoms with van der Waals surface area (Å²) in [6.45, 7) is 1.80. The molecule has 1 aromatic carbocycles. The zero-order chi connectivity index (χ0) is 17.0. The number of aryl methyl sites for hydroxylation is 1. The van der Waals surface area contributed by atoms with E-state index in [1.807, 2.05) is 19.1 Å². The number of amides is 1. The highest BCUT2D eigenvalue weighted by atomic mass is 32.1. The molecule has 124 valence electrons. The molecular formula is C16H16F3NO2S. The third-order valence-corrected chi connectivity index (χ3v) is 4.22. The Balaban J connectivity index is 1.91. The first kappa shape index (κ1) is 17.5. The van der Waals surface area contributed by atoms with E-state index in [-0.39, 0.29) is 24.4 Å². The van der Waals surface area contributed by atoms with Gasteiger partial charge in [-0.05, 0) is 36.8 Å². The molecule has 0 fully saturated rings. The van der Waals surface area contributed by atoms with Crippen LogP contribution in [0, 0.1) is 6.92 Å². The summed E-state index contributed by atoms with van der Waals surface area (Å²) in [4.78, 5) is 13.8. The topological polar surface area (TPSA) is 49.3 Å². The van der Waals surface area contributed by atoms with Crippen LogP contribution in [0.3, 0.4) is 0 Å². The molecule has 0 unspecified atom stereocenters. The molecule has 0 aliphatic carbocycles. The van der Waals surface area contributed by atoms with E-state index in [0.29, 0.717) is 0 Å². The van der Waals surface area contributed by atoms with Crippen LogP contribution in [0.5, 0.6) is 0 Å². The monoisotopic (exact) mass is 343 g/mol. The van der Waals surface area contributed by atoms with Crippen LogP contribution >= 0.6 is 11.3 Å². The largest absolute Gasteiger partial charge is 0.416 e. The van der Waals surface area contributed by atoms with Crippen molar-refractivity contribution in [1.29, 1.82) is 0 Å². The Kier molecular flexibility index (Phi) is 5.43. The van der Waals surface area contributed by atoms with Crippen molar-refractivity contribution in [3.63, 3.8) is 0 Å². The van der Waals surface area contributed by atoms with E-state index in [9.17, 15) is 23.1 Å². The number of carbonyl (C=O) groups excluding carboxylic acids is 1. The molecule has 3 nitrogen and oxygen atoms in total. The second-order valence-electron chi connectivity index (χ2n) is 5.13. The van der Waals surface area contributed by atoms with Gasteiger partial charge in [0.15, 0.2) is 0 Å². The zero-order valence-corrected chi connectivity index (χ0v) is 13.2. The fourth-order valence-corrected chi connectivity index (χ4v) is 2.94. The molecule has 0 bridgehead atoms. The quantitative estimate of drug-likeness (QED) is 0.873. The number of aliphatic hydroxyl groups is 1. The van der Waals surface area contributed by atoms with Crippen molar-refractivity contribution < 1.29 is 23.1 Å². The first-order valence-electron chi connectivity index (χ1n) is 6.93. The van der Waals surface area contributed by atoms with Crippen molar-refractivity contribution in [2.45, 2.75) is 25.6 Å². The summed E-state index contributed by atoms with van der Waals surface area (Å²) in [6.07, 6.45) is -5.46. The molecule has 0 spiro atoms. The van der Waals surface area contributed by atoms with Crippen molar-refractivity contribution in [3.05, 3.63) is 57.3 Å². The molecule has 0 saturated carbocycles. The number of aliphatic hydroxyl groups excluding tert-OH is 1. The summed E-state index contributed by atoms with van der Waals surface area (Å²) in [5, 5.41) is 12.5.